The highest BCUT2D eigenvalue weighted by atomic mass is 28.4. The molecule has 0 radical (unpaired) electrons. The molecule has 0 spiro atoms. The van der Waals surface area contributed by atoms with E-state index in [0.29, 0.717) is 0 Å². The molecular formula is C17H38OSi. The van der Waals surface area contributed by atoms with Crippen LogP contribution in [0.2, 0.25) is 19.6 Å². The van der Waals surface area contributed by atoms with Crippen LogP contribution >= 0.6 is 0 Å². The molecule has 0 aliphatic rings. The fourth-order valence-corrected chi connectivity index (χ4v) is 3.08. The zero-order valence-electron chi connectivity index (χ0n) is 14.3. The zero-order chi connectivity index (χ0) is 14.6. The van der Waals surface area contributed by atoms with Gasteiger partial charge in [-0.1, -0.05) is 71.6 Å². The maximum absolute atomic E-state index is 6.04. The topological polar surface area (TPSA) is 9.23 Å². The van der Waals surface area contributed by atoms with Gasteiger partial charge in [-0.25, -0.2) is 0 Å². The van der Waals surface area contributed by atoms with Gasteiger partial charge in [-0.15, -0.1) is 0 Å². The maximum atomic E-state index is 6.04. The number of hydrogen-bond donors (Lipinski definition) is 0. The van der Waals surface area contributed by atoms with Crippen molar-refractivity contribution in [3.63, 3.8) is 0 Å². The van der Waals surface area contributed by atoms with E-state index >= 15 is 0 Å². The summed E-state index contributed by atoms with van der Waals surface area (Å²) in [6, 6.07) is 0. The second-order valence-corrected chi connectivity index (χ2v) is 11.5. The van der Waals surface area contributed by atoms with E-state index in [0.717, 1.165) is 12.5 Å². The van der Waals surface area contributed by atoms with Gasteiger partial charge in [-0.3, -0.25) is 0 Å². The molecule has 1 unspecified atom stereocenters. The van der Waals surface area contributed by atoms with Crippen LogP contribution in [0.3, 0.4) is 0 Å². The Balaban J connectivity index is 3.41. The molecule has 1 nitrogen and oxygen atoms in total. The number of rotatable bonds is 13. The lowest BCUT2D eigenvalue weighted by atomic mass is 9.98. The summed E-state index contributed by atoms with van der Waals surface area (Å²) in [5.74, 6) is 0.798. The van der Waals surface area contributed by atoms with Crippen molar-refractivity contribution in [3.05, 3.63) is 0 Å². The highest BCUT2D eigenvalue weighted by Gasteiger charge is 2.16. The lowest BCUT2D eigenvalue weighted by Gasteiger charge is -2.22. The first-order chi connectivity index (χ1) is 8.99. The molecule has 1 atom stereocenters. The Labute approximate surface area is 123 Å². The van der Waals surface area contributed by atoms with Crippen LogP contribution in [0.4, 0.5) is 0 Å². The molecule has 0 bridgehead atoms. The van der Waals surface area contributed by atoms with Crippen LogP contribution in [0.25, 0.3) is 0 Å². The third-order valence-corrected chi connectivity index (χ3v) is 4.83. The average Bonchev–Trinajstić information content (AvgIpc) is 2.35. The van der Waals surface area contributed by atoms with Crippen molar-refractivity contribution in [1.29, 1.82) is 0 Å². The Morgan fingerprint density at radius 1 is 0.789 bits per heavy atom. The summed E-state index contributed by atoms with van der Waals surface area (Å²) in [6.45, 7) is 12.5. The minimum absolute atomic E-state index is 0.798. The lowest BCUT2D eigenvalue weighted by Crippen LogP contribution is -2.28. The summed E-state index contributed by atoms with van der Waals surface area (Å²) in [5, 5.41) is 0. The van der Waals surface area contributed by atoms with Crippen molar-refractivity contribution in [2.45, 2.75) is 97.7 Å². The smallest absolute Gasteiger partial charge is 0.183 e. The van der Waals surface area contributed by atoms with E-state index in [9.17, 15) is 0 Å². The minimum atomic E-state index is -1.31. The molecule has 0 rings (SSSR count). The van der Waals surface area contributed by atoms with Crippen LogP contribution in [-0.4, -0.2) is 14.9 Å². The van der Waals surface area contributed by atoms with Gasteiger partial charge in [-0.2, -0.15) is 0 Å². The molecule has 2 heteroatoms. The largest absolute Gasteiger partial charge is 0.417 e. The second kappa shape index (κ2) is 12.0. The van der Waals surface area contributed by atoms with Gasteiger partial charge in [0.15, 0.2) is 8.32 Å². The van der Waals surface area contributed by atoms with Crippen molar-refractivity contribution >= 4 is 8.32 Å². The Morgan fingerprint density at radius 3 is 1.79 bits per heavy atom. The van der Waals surface area contributed by atoms with Crippen LogP contribution < -0.4 is 0 Å². The fourth-order valence-electron chi connectivity index (χ4n) is 2.34. The van der Waals surface area contributed by atoms with Crippen LogP contribution in [0.5, 0.6) is 0 Å². The molecule has 116 valence electrons. The third kappa shape index (κ3) is 14.4. The Hall–Kier alpha value is 0.177. The molecule has 0 aromatic carbocycles. The summed E-state index contributed by atoms with van der Waals surface area (Å²) in [6.07, 6.45) is 14.0. The van der Waals surface area contributed by atoms with Crippen LogP contribution in [-0.2, 0) is 4.43 Å². The maximum Gasteiger partial charge on any atom is 0.183 e. The van der Waals surface area contributed by atoms with Gasteiger partial charge in [0.2, 0.25) is 0 Å². The monoisotopic (exact) mass is 286 g/mol. The molecule has 19 heavy (non-hydrogen) atoms. The molecule has 0 aromatic heterocycles. The number of hydrogen-bond acceptors (Lipinski definition) is 1. The van der Waals surface area contributed by atoms with Gasteiger partial charge in [0, 0.05) is 6.61 Å². The number of unbranched alkanes of at least 4 members (excludes halogenated alkanes) is 7. The van der Waals surface area contributed by atoms with E-state index in [1.165, 1.54) is 64.2 Å². The Kier molecular flexibility index (Phi) is 12.1. The molecule has 0 fully saturated rings. The van der Waals surface area contributed by atoms with Crippen molar-refractivity contribution < 1.29 is 4.43 Å². The van der Waals surface area contributed by atoms with Gasteiger partial charge >= 0.3 is 0 Å². The van der Waals surface area contributed by atoms with E-state index in [1.54, 1.807) is 0 Å². The van der Waals surface area contributed by atoms with Crippen LogP contribution in [0.1, 0.15) is 78.1 Å². The Morgan fingerprint density at radius 2 is 1.32 bits per heavy atom. The predicted octanol–water partition coefficient (Wildman–Crippen LogP) is 6.39. The van der Waals surface area contributed by atoms with E-state index < -0.39 is 8.32 Å². The van der Waals surface area contributed by atoms with E-state index in [2.05, 4.69) is 33.5 Å². The van der Waals surface area contributed by atoms with E-state index in [4.69, 9.17) is 4.43 Å². The van der Waals surface area contributed by atoms with Crippen LogP contribution in [0.15, 0.2) is 0 Å². The molecule has 0 amide bonds. The summed E-state index contributed by atoms with van der Waals surface area (Å²) in [4.78, 5) is 0. The predicted molar refractivity (Wildman–Crippen MR) is 90.3 cm³/mol. The summed E-state index contributed by atoms with van der Waals surface area (Å²) in [7, 11) is -1.31. The van der Waals surface area contributed by atoms with Gasteiger partial charge in [0.05, 0.1) is 0 Å². The van der Waals surface area contributed by atoms with Gasteiger partial charge in [-0.05, 0) is 32.0 Å². The van der Waals surface area contributed by atoms with E-state index in [1.807, 2.05) is 0 Å². The van der Waals surface area contributed by atoms with Crippen molar-refractivity contribution in [2.75, 3.05) is 6.61 Å². The highest BCUT2D eigenvalue weighted by molar-refractivity contribution is 6.69. The first kappa shape index (κ1) is 19.2. The molecule has 0 aliphatic heterocycles. The molecule has 0 saturated carbocycles. The molecule has 0 heterocycles. The highest BCUT2D eigenvalue weighted by Crippen LogP contribution is 2.17. The van der Waals surface area contributed by atoms with E-state index in [-0.39, 0.29) is 0 Å². The first-order valence-electron chi connectivity index (χ1n) is 8.63. The normalized spacial score (nSPS) is 13.7. The summed E-state index contributed by atoms with van der Waals surface area (Å²) < 4.78 is 6.04. The molecule has 0 saturated heterocycles. The summed E-state index contributed by atoms with van der Waals surface area (Å²) in [5.41, 5.74) is 0. The third-order valence-electron chi connectivity index (χ3n) is 3.80. The van der Waals surface area contributed by atoms with Gasteiger partial charge in [0.1, 0.15) is 0 Å². The molecule has 0 aliphatic carbocycles. The van der Waals surface area contributed by atoms with Crippen molar-refractivity contribution in [1.82, 2.24) is 0 Å². The summed E-state index contributed by atoms with van der Waals surface area (Å²) >= 11 is 0. The molecule has 0 aromatic rings. The SMILES string of the molecule is CCCCCCCCCCC(CC)CO[Si](C)(C)C. The zero-order valence-corrected chi connectivity index (χ0v) is 15.3. The lowest BCUT2D eigenvalue weighted by molar-refractivity contribution is 0.226. The average molecular weight is 287 g/mol. The van der Waals surface area contributed by atoms with Crippen LogP contribution in [0, 0.1) is 5.92 Å². The van der Waals surface area contributed by atoms with Crippen molar-refractivity contribution in [2.24, 2.45) is 5.92 Å². The molecular weight excluding hydrogens is 248 g/mol. The standard InChI is InChI=1S/C17H38OSi/c1-6-8-9-10-11-12-13-14-15-17(7-2)16-18-19(3,4)5/h17H,6-16H2,1-5H3. The van der Waals surface area contributed by atoms with Gasteiger partial charge in [0.25, 0.3) is 0 Å². The fraction of sp³-hybridized carbons (Fsp3) is 1.00. The Bertz CT molecular complexity index is 186. The molecule has 0 N–H and O–H groups in total. The quantitative estimate of drug-likeness (QED) is 0.281. The first-order valence-corrected chi connectivity index (χ1v) is 12.0. The van der Waals surface area contributed by atoms with Gasteiger partial charge < -0.3 is 4.43 Å². The minimum Gasteiger partial charge on any atom is -0.417 e. The van der Waals surface area contributed by atoms with Crippen molar-refractivity contribution in [3.8, 4) is 0 Å². The second-order valence-electron chi connectivity index (χ2n) is 6.96.